The molecule has 104 valence electrons. The molecular formula is C15H21NO3. The number of carboxylic acids is 1. The highest BCUT2D eigenvalue weighted by molar-refractivity contribution is 5.72. The van der Waals surface area contributed by atoms with Crippen LogP contribution in [0.15, 0.2) is 12.1 Å². The van der Waals surface area contributed by atoms with Crippen LogP contribution in [0.4, 0.5) is 0 Å². The van der Waals surface area contributed by atoms with Gasteiger partial charge in [0.25, 0.3) is 0 Å². The first-order chi connectivity index (χ1) is 8.97. The highest BCUT2D eigenvalue weighted by Gasteiger charge is 2.20. The first-order valence-corrected chi connectivity index (χ1v) is 6.70. The van der Waals surface area contributed by atoms with Crippen molar-refractivity contribution in [1.29, 1.82) is 0 Å². The van der Waals surface area contributed by atoms with Crippen LogP contribution in [0, 0.1) is 13.8 Å². The van der Waals surface area contributed by atoms with Crippen LogP contribution in [-0.4, -0.2) is 23.2 Å². The van der Waals surface area contributed by atoms with Gasteiger partial charge in [-0.2, -0.15) is 0 Å². The second-order valence-electron chi connectivity index (χ2n) is 5.31. The van der Waals surface area contributed by atoms with Crippen LogP contribution in [0.5, 0.6) is 5.75 Å². The maximum absolute atomic E-state index is 10.8. The van der Waals surface area contributed by atoms with Crippen LogP contribution in [-0.2, 0) is 11.3 Å². The van der Waals surface area contributed by atoms with Gasteiger partial charge >= 0.3 is 5.97 Å². The van der Waals surface area contributed by atoms with Crippen LogP contribution in [0.1, 0.15) is 36.5 Å². The molecular weight excluding hydrogens is 242 g/mol. The van der Waals surface area contributed by atoms with Crippen LogP contribution >= 0.6 is 0 Å². The fraction of sp³-hybridized carbons (Fsp3) is 0.533. The van der Waals surface area contributed by atoms with Gasteiger partial charge in [-0.25, -0.2) is 4.79 Å². The molecule has 1 aliphatic rings. The van der Waals surface area contributed by atoms with E-state index in [0.29, 0.717) is 11.8 Å². The molecule has 1 aromatic carbocycles. The van der Waals surface area contributed by atoms with E-state index in [4.69, 9.17) is 9.84 Å². The minimum atomic E-state index is -0.946. The average molecular weight is 263 g/mol. The van der Waals surface area contributed by atoms with E-state index in [1.54, 1.807) is 6.92 Å². The van der Waals surface area contributed by atoms with E-state index >= 15 is 0 Å². The number of hydrogen-bond acceptors (Lipinski definition) is 3. The maximum Gasteiger partial charge on any atom is 0.344 e. The molecule has 1 unspecified atom stereocenters. The number of benzene rings is 1. The summed E-state index contributed by atoms with van der Waals surface area (Å²) >= 11 is 0. The smallest absolute Gasteiger partial charge is 0.344 e. The van der Waals surface area contributed by atoms with E-state index in [1.165, 1.54) is 18.4 Å². The zero-order valence-corrected chi connectivity index (χ0v) is 11.7. The third kappa shape index (κ3) is 3.70. The summed E-state index contributed by atoms with van der Waals surface area (Å²) in [6.45, 7) is 6.32. The monoisotopic (exact) mass is 263 g/mol. The molecule has 0 bridgehead atoms. The molecule has 2 rings (SSSR count). The van der Waals surface area contributed by atoms with E-state index in [1.807, 2.05) is 13.8 Å². The van der Waals surface area contributed by atoms with Gasteiger partial charge in [-0.15, -0.1) is 0 Å². The van der Waals surface area contributed by atoms with Crippen molar-refractivity contribution < 1.29 is 14.6 Å². The number of carboxylic acid groups (broad SMARTS) is 1. The number of aliphatic carboxylic acids is 1. The Morgan fingerprint density at radius 3 is 2.47 bits per heavy atom. The fourth-order valence-electron chi connectivity index (χ4n) is 2.10. The molecule has 19 heavy (non-hydrogen) atoms. The van der Waals surface area contributed by atoms with Gasteiger partial charge in [0.05, 0.1) is 0 Å². The Bertz CT molecular complexity index is 457. The molecule has 0 aromatic heterocycles. The highest BCUT2D eigenvalue weighted by atomic mass is 16.5. The van der Waals surface area contributed by atoms with Gasteiger partial charge in [-0.05, 0) is 50.3 Å². The summed E-state index contributed by atoms with van der Waals surface area (Å²) in [7, 11) is 0. The van der Waals surface area contributed by atoms with E-state index in [9.17, 15) is 4.79 Å². The quantitative estimate of drug-likeness (QED) is 0.827. The Morgan fingerprint density at radius 1 is 1.42 bits per heavy atom. The van der Waals surface area contributed by atoms with Crippen molar-refractivity contribution in [2.75, 3.05) is 0 Å². The third-order valence-electron chi connectivity index (χ3n) is 3.33. The molecule has 2 N–H and O–H groups in total. The number of ether oxygens (including phenoxy) is 1. The standard InChI is InChI=1S/C15H21NO3/c1-9-6-12(8-16-13-4-5-13)7-10(2)14(9)19-11(3)15(17)18/h6-7,11,13,16H,4-5,8H2,1-3H3,(H,17,18). The van der Waals surface area contributed by atoms with E-state index < -0.39 is 12.1 Å². The predicted octanol–water partition coefficient (Wildman–Crippen LogP) is 2.41. The lowest BCUT2D eigenvalue weighted by Gasteiger charge is -2.17. The molecule has 0 spiro atoms. The second kappa shape index (κ2) is 5.61. The minimum Gasteiger partial charge on any atom is -0.479 e. The summed E-state index contributed by atoms with van der Waals surface area (Å²) < 4.78 is 5.51. The Morgan fingerprint density at radius 2 is 2.00 bits per heavy atom. The predicted molar refractivity (Wildman–Crippen MR) is 73.5 cm³/mol. The number of nitrogens with one attached hydrogen (secondary N) is 1. The summed E-state index contributed by atoms with van der Waals surface area (Å²) in [6.07, 6.45) is 1.72. The molecule has 0 aliphatic heterocycles. The van der Waals surface area contributed by atoms with Crippen molar-refractivity contribution in [2.24, 2.45) is 0 Å². The van der Waals surface area contributed by atoms with E-state index in [2.05, 4.69) is 17.4 Å². The zero-order valence-electron chi connectivity index (χ0n) is 11.7. The van der Waals surface area contributed by atoms with Gasteiger partial charge < -0.3 is 15.2 Å². The van der Waals surface area contributed by atoms with Crippen LogP contribution in [0.3, 0.4) is 0 Å². The Kier molecular flexibility index (Phi) is 4.10. The maximum atomic E-state index is 10.8. The lowest BCUT2D eigenvalue weighted by Crippen LogP contribution is -2.23. The van der Waals surface area contributed by atoms with Crippen molar-refractivity contribution in [2.45, 2.75) is 52.3 Å². The molecule has 1 fully saturated rings. The molecule has 0 heterocycles. The summed E-state index contributed by atoms with van der Waals surface area (Å²) in [5.74, 6) is -0.261. The summed E-state index contributed by atoms with van der Waals surface area (Å²) in [5, 5.41) is 12.4. The molecule has 4 heteroatoms. The van der Waals surface area contributed by atoms with Gasteiger partial charge in [-0.1, -0.05) is 12.1 Å². The van der Waals surface area contributed by atoms with Gasteiger partial charge in [0.2, 0.25) is 0 Å². The second-order valence-corrected chi connectivity index (χ2v) is 5.31. The molecule has 1 aromatic rings. The number of hydrogen-bond donors (Lipinski definition) is 2. The molecule has 1 aliphatic carbocycles. The summed E-state index contributed by atoms with van der Waals surface area (Å²) in [5.41, 5.74) is 3.19. The zero-order chi connectivity index (χ0) is 14.0. The lowest BCUT2D eigenvalue weighted by atomic mass is 10.1. The van der Waals surface area contributed by atoms with Crippen molar-refractivity contribution >= 4 is 5.97 Å². The Balaban J connectivity index is 2.09. The van der Waals surface area contributed by atoms with Crippen LogP contribution in [0.2, 0.25) is 0 Å². The summed E-state index contributed by atoms with van der Waals surface area (Å²) in [6, 6.07) is 4.81. The number of aryl methyl sites for hydroxylation is 2. The normalized spacial score (nSPS) is 16.2. The first-order valence-electron chi connectivity index (χ1n) is 6.70. The molecule has 1 atom stereocenters. The Hall–Kier alpha value is -1.55. The molecule has 0 saturated heterocycles. The largest absolute Gasteiger partial charge is 0.479 e. The highest BCUT2D eigenvalue weighted by Crippen LogP contribution is 2.26. The third-order valence-corrected chi connectivity index (χ3v) is 3.33. The van der Waals surface area contributed by atoms with E-state index in [-0.39, 0.29) is 0 Å². The van der Waals surface area contributed by atoms with Crippen LogP contribution in [0.25, 0.3) is 0 Å². The average Bonchev–Trinajstić information content (AvgIpc) is 3.14. The van der Waals surface area contributed by atoms with Crippen molar-refractivity contribution in [3.63, 3.8) is 0 Å². The lowest BCUT2D eigenvalue weighted by molar-refractivity contribution is -0.144. The van der Waals surface area contributed by atoms with Crippen molar-refractivity contribution in [1.82, 2.24) is 5.32 Å². The van der Waals surface area contributed by atoms with Gasteiger partial charge in [-0.3, -0.25) is 0 Å². The molecule has 1 saturated carbocycles. The topological polar surface area (TPSA) is 58.6 Å². The summed E-state index contributed by atoms with van der Waals surface area (Å²) in [4.78, 5) is 10.8. The van der Waals surface area contributed by atoms with Gasteiger partial charge in [0, 0.05) is 12.6 Å². The van der Waals surface area contributed by atoms with Crippen LogP contribution < -0.4 is 10.1 Å². The van der Waals surface area contributed by atoms with Crippen molar-refractivity contribution in [3.8, 4) is 5.75 Å². The van der Waals surface area contributed by atoms with E-state index in [0.717, 1.165) is 17.7 Å². The molecule has 4 nitrogen and oxygen atoms in total. The molecule has 0 amide bonds. The first kappa shape index (κ1) is 13.9. The fourth-order valence-corrected chi connectivity index (χ4v) is 2.10. The Labute approximate surface area is 113 Å². The van der Waals surface area contributed by atoms with Gasteiger partial charge in [0.1, 0.15) is 5.75 Å². The molecule has 0 radical (unpaired) electrons. The minimum absolute atomic E-state index is 0.684. The number of rotatable bonds is 6. The number of carbonyl (C=O) groups is 1. The van der Waals surface area contributed by atoms with Gasteiger partial charge in [0.15, 0.2) is 6.10 Å². The SMILES string of the molecule is Cc1cc(CNC2CC2)cc(C)c1OC(C)C(=O)O. The van der Waals surface area contributed by atoms with Crippen molar-refractivity contribution in [3.05, 3.63) is 28.8 Å².